The zero-order valence-electron chi connectivity index (χ0n) is 87.2. The first-order chi connectivity index (χ1) is 52.6. The molecule has 1 nitrogen and oxygen atoms in total. The maximum Gasteiger partial charge on any atom is 0.248 e. The fraction of sp³-hybridized carbons (Fsp3) is 1.00. The molecule has 0 spiro atoms. The normalized spacial score (nSPS) is 16.8. The summed E-state index contributed by atoms with van der Waals surface area (Å²) in [5.41, 5.74) is -3.96. The number of ether oxygens (including phenoxy) is 1. The zero-order chi connectivity index (χ0) is 95.0. The van der Waals surface area contributed by atoms with Crippen LogP contribution < -0.4 is 0 Å². The van der Waals surface area contributed by atoms with E-state index in [-0.39, 0.29) is 80.8 Å². The molecule has 0 unspecified atom stereocenters. The molecule has 2 rings (SSSR count). The van der Waals surface area contributed by atoms with Crippen molar-refractivity contribution in [3.8, 4) is 0 Å². The number of hydrogen-bond acceptors (Lipinski definition) is 1. The Morgan fingerprint density at radius 2 is 0.359 bits per heavy atom. The van der Waals surface area contributed by atoms with Crippen molar-refractivity contribution >= 4 is 0 Å². The summed E-state index contributed by atoms with van der Waals surface area (Å²) >= 11 is 0. The van der Waals surface area contributed by atoms with Crippen molar-refractivity contribution in [2.24, 2.45) is 59.6 Å². The third-order valence-electron chi connectivity index (χ3n) is 30.3. The molecule has 0 aromatic heterocycles. The summed E-state index contributed by atoms with van der Waals surface area (Å²) in [7, 11) is 0. The fourth-order valence-electron chi connectivity index (χ4n) is 14.9. The predicted octanol–water partition coefficient (Wildman–Crippen LogP) is 40.6. The molecule has 0 amide bonds. The molecular weight excluding hydrogens is 1490 g/mol. The van der Waals surface area contributed by atoms with Gasteiger partial charge in [0.2, 0.25) is 17.8 Å². The van der Waals surface area contributed by atoms with Crippen molar-refractivity contribution in [2.75, 3.05) is 13.2 Å². The van der Waals surface area contributed by atoms with Crippen LogP contribution in [0.1, 0.15) is 549 Å². The Balaban J connectivity index is -0.000000188. The van der Waals surface area contributed by atoms with Crippen LogP contribution in [-0.2, 0) is 4.74 Å². The van der Waals surface area contributed by atoms with E-state index in [0.717, 1.165) is 142 Å². The molecule has 0 aromatic carbocycles. The van der Waals surface area contributed by atoms with Crippen LogP contribution in [0.15, 0.2) is 0 Å². The first kappa shape index (κ1) is 132. The van der Waals surface area contributed by atoms with Crippen LogP contribution in [0.3, 0.4) is 0 Å². The second kappa shape index (κ2) is 58.5. The predicted molar refractivity (Wildman–Crippen MR) is 501 cm³/mol. The lowest BCUT2D eigenvalue weighted by molar-refractivity contribution is -0.149. The van der Waals surface area contributed by atoms with Crippen molar-refractivity contribution in [3.63, 3.8) is 0 Å². The number of hydrogen-bond donors (Lipinski definition) is 0. The Morgan fingerprint density at radius 1 is 0.197 bits per heavy atom. The van der Waals surface area contributed by atoms with Crippen LogP contribution in [-0.4, -0.2) is 65.0 Å². The molecule has 1 saturated carbocycles. The van der Waals surface area contributed by atoms with Gasteiger partial charge in [-0.05, 0) is 178 Å². The third kappa shape index (κ3) is 65.4. The van der Waals surface area contributed by atoms with E-state index in [2.05, 4.69) is 166 Å². The van der Waals surface area contributed by atoms with E-state index < -0.39 is 51.8 Å². The van der Waals surface area contributed by atoms with Crippen molar-refractivity contribution in [3.05, 3.63) is 0 Å². The highest BCUT2D eigenvalue weighted by Gasteiger charge is 2.48. The summed E-state index contributed by atoms with van der Waals surface area (Å²) in [4.78, 5) is 0. The van der Waals surface area contributed by atoms with E-state index in [1.54, 1.807) is 41.5 Å². The second-order valence-electron chi connectivity index (χ2n) is 43.4. The largest absolute Gasteiger partial charge is 0.375 e. The van der Waals surface area contributed by atoms with Crippen molar-refractivity contribution in [1.82, 2.24) is 0 Å². The van der Waals surface area contributed by atoms with Crippen LogP contribution in [0.4, 0.5) is 52.7 Å². The Hall–Kier alpha value is -0.880. The molecular formula is C104H212F12O. The highest BCUT2D eigenvalue weighted by molar-refractivity contribution is 4.98. The summed E-state index contributed by atoms with van der Waals surface area (Å²) in [6, 6.07) is 0. The molecule has 0 radical (unpaired) electrons. The summed E-state index contributed by atoms with van der Waals surface area (Å²) in [5, 5.41) is 0. The first-order valence-electron chi connectivity index (χ1n) is 48.4. The quantitative estimate of drug-likeness (QED) is 0.0552. The van der Waals surface area contributed by atoms with Gasteiger partial charge in [0.15, 0.2) is 5.67 Å². The van der Waals surface area contributed by atoms with E-state index in [4.69, 9.17) is 4.74 Å². The molecule has 0 aromatic rings. The van der Waals surface area contributed by atoms with Gasteiger partial charge in [0, 0.05) is 32.1 Å². The molecule has 2 aliphatic rings. The lowest BCUT2D eigenvalue weighted by atomic mass is 9.72. The summed E-state index contributed by atoms with van der Waals surface area (Å²) in [5.74, 6) is -7.46. The highest BCUT2D eigenvalue weighted by atomic mass is 19.3. The van der Waals surface area contributed by atoms with Crippen LogP contribution in [0.2, 0.25) is 0 Å². The molecule has 13 heteroatoms. The second-order valence-corrected chi connectivity index (χ2v) is 43.4. The van der Waals surface area contributed by atoms with Crippen molar-refractivity contribution < 1.29 is 57.4 Å². The number of halogens is 12. The van der Waals surface area contributed by atoms with Gasteiger partial charge in [-0.3, -0.25) is 0 Å². The molecule has 4 atom stereocenters. The van der Waals surface area contributed by atoms with Gasteiger partial charge in [0.1, 0.15) is 28.3 Å². The fourth-order valence-corrected chi connectivity index (χ4v) is 14.9. The van der Waals surface area contributed by atoms with E-state index in [9.17, 15) is 52.7 Å². The van der Waals surface area contributed by atoms with Gasteiger partial charge in [0.25, 0.3) is 0 Å². The third-order valence-corrected chi connectivity index (χ3v) is 30.3. The maximum atomic E-state index is 13.7. The smallest absolute Gasteiger partial charge is 0.248 e. The molecule has 718 valence electrons. The molecule has 1 aliphatic heterocycles. The van der Waals surface area contributed by atoms with Crippen LogP contribution in [0, 0.1) is 59.6 Å². The number of alkyl halides is 12. The van der Waals surface area contributed by atoms with E-state index in [0.29, 0.717) is 81.8 Å². The van der Waals surface area contributed by atoms with Gasteiger partial charge in [-0.2, -0.15) is 0 Å². The molecule has 1 saturated heterocycles. The minimum atomic E-state index is -2.51. The van der Waals surface area contributed by atoms with Crippen LogP contribution in [0.25, 0.3) is 0 Å². The Bertz CT molecular complexity index is 1950. The van der Waals surface area contributed by atoms with Gasteiger partial charge in [0.05, 0.1) is 13.2 Å². The van der Waals surface area contributed by atoms with Crippen LogP contribution >= 0.6 is 0 Å². The molecule has 0 bridgehead atoms. The molecule has 1 heterocycles. The molecule has 1 aliphatic carbocycles. The molecule has 117 heavy (non-hydrogen) atoms. The topological polar surface area (TPSA) is 9.23 Å². The summed E-state index contributed by atoms with van der Waals surface area (Å²) < 4.78 is 164. The summed E-state index contributed by atoms with van der Waals surface area (Å²) in [6.45, 7) is 89.8. The first-order valence-corrected chi connectivity index (χ1v) is 48.4. The molecule has 2 fully saturated rings. The van der Waals surface area contributed by atoms with Crippen molar-refractivity contribution in [1.29, 1.82) is 0 Å². The van der Waals surface area contributed by atoms with E-state index in [1.807, 2.05) is 90.0 Å². The van der Waals surface area contributed by atoms with Crippen molar-refractivity contribution in [2.45, 2.75) is 600 Å². The summed E-state index contributed by atoms with van der Waals surface area (Å²) in [6.07, 6.45) is 30.2. The van der Waals surface area contributed by atoms with Gasteiger partial charge < -0.3 is 4.74 Å². The maximum absolute atomic E-state index is 13.7. The lowest BCUT2D eigenvalue weighted by Gasteiger charge is -2.40. The minimum Gasteiger partial charge on any atom is -0.375 e. The molecule has 0 N–H and O–H groups in total. The minimum absolute atomic E-state index is 0.00694. The van der Waals surface area contributed by atoms with Gasteiger partial charge >= 0.3 is 0 Å². The van der Waals surface area contributed by atoms with E-state index >= 15 is 0 Å². The van der Waals surface area contributed by atoms with Crippen LogP contribution in [0.5, 0.6) is 0 Å². The average Bonchev–Trinajstić information content (AvgIpc) is 1.19. The zero-order valence-corrected chi connectivity index (χ0v) is 87.2. The van der Waals surface area contributed by atoms with E-state index in [1.165, 1.54) is 19.3 Å². The average molecular weight is 1710 g/mol. The van der Waals surface area contributed by atoms with Gasteiger partial charge in [-0.15, -0.1) is 0 Å². The Kier molecular flexibility index (Phi) is 65.8. The lowest BCUT2D eigenvalue weighted by Crippen LogP contribution is -2.48. The highest BCUT2D eigenvalue weighted by Crippen LogP contribution is 2.51. The monoisotopic (exact) mass is 1710 g/mol. The number of rotatable bonds is 45. The Labute approximate surface area is 726 Å². The van der Waals surface area contributed by atoms with Gasteiger partial charge in [-0.25, -0.2) is 52.7 Å². The standard InChI is InChI=1S/4C11H23F.C11H24.2C10H20F2.C10H19FO.C10H19F.C9H18F2/c4*1-6-10(4,7-2)9-11(5,12)8-3;1-7-11(6,8-2)9-10(3,4)5;2*1-5-9(4,6-2)8-10(11,12)7-3;1-4-9(3,5-2)6-10(11)7-12-8-10;1-4-9(3,5-2)8-10(11)6-7-10;1-5-8(3,6-2)7-9(4,10)11/h4*6-9H2,1-5H3;7-9H2,1-6H3;2*5-8H2,1-4H3;4-8H2,1-3H3;4-8H2,1-3H3;5-7H2,1-4H3/t4*11-;;;;;;/m1100....../s1. The Morgan fingerprint density at radius 3 is 0.470 bits per heavy atom. The van der Waals surface area contributed by atoms with Gasteiger partial charge in [-0.1, -0.05) is 398 Å². The SMILES string of the molecule is CCC(C)(CC)CC(C)(C)C.CCC(C)(CC)CC(C)(F)F.CCC(C)(CC)CC1(F)CC1.CCC(C)(CC)CC1(F)COC1.CCC(C)(CC)C[C@@](C)(F)CC.CCC(C)(CC)C[C@@](C)(F)CC.CCC(C)(CC)C[C@](C)(F)CC.CCC(C)(CC)C[C@](C)(F)CC.CCC(F)(F)CC(C)(CC)CC.CCC(F)(F)CC(C)(CC)CC.